The van der Waals surface area contributed by atoms with E-state index in [0.717, 1.165) is 17.3 Å². The summed E-state index contributed by atoms with van der Waals surface area (Å²) in [5.41, 5.74) is 1.52. The molecule has 23 heavy (non-hydrogen) atoms. The Morgan fingerprint density at radius 1 is 1.00 bits per heavy atom. The van der Waals surface area contributed by atoms with Gasteiger partial charge in [0.15, 0.2) is 0 Å². The predicted octanol–water partition coefficient (Wildman–Crippen LogP) is 4.42. The molecule has 0 bridgehead atoms. The number of benzene rings is 2. The van der Waals surface area contributed by atoms with E-state index in [0.29, 0.717) is 16.5 Å². The van der Waals surface area contributed by atoms with Crippen LogP contribution in [0.3, 0.4) is 0 Å². The molecule has 3 nitrogen and oxygen atoms in total. The van der Waals surface area contributed by atoms with Crippen LogP contribution in [0.15, 0.2) is 66.1 Å². The van der Waals surface area contributed by atoms with Gasteiger partial charge in [-0.2, -0.15) is 0 Å². The number of rotatable bonds is 4. The molecule has 0 unspecified atom stereocenters. The zero-order valence-electron chi connectivity index (χ0n) is 12.9. The van der Waals surface area contributed by atoms with Crippen LogP contribution in [0.25, 0.3) is 5.76 Å². The Morgan fingerprint density at radius 3 is 2.04 bits per heavy atom. The summed E-state index contributed by atoms with van der Waals surface area (Å²) in [6.07, 6.45) is 0. The standard InChI is InChI=1S/C18H17NO2S2/c1-19(2)18(22)21-16(14-9-5-3-6-10-14)13-23-17(20)15-11-7-4-8-12-15/h3-13H,1-2H3/b16-13+. The summed E-state index contributed by atoms with van der Waals surface area (Å²) in [5.74, 6) is 0.554. The van der Waals surface area contributed by atoms with E-state index in [2.05, 4.69) is 0 Å². The molecule has 2 rings (SSSR count). The number of thiocarbonyl (C=S) groups is 1. The highest BCUT2D eigenvalue weighted by atomic mass is 32.2. The number of ether oxygens (including phenoxy) is 1. The van der Waals surface area contributed by atoms with Gasteiger partial charge >= 0.3 is 0 Å². The number of thioether (sulfide) groups is 1. The lowest BCUT2D eigenvalue weighted by Gasteiger charge is -2.16. The fourth-order valence-corrected chi connectivity index (χ4v) is 2.45. The number of hydrogen-bond acceptors (Lipinski definition) is 4. The molecule has 0 aliphatic heterocycles. The van der Waals surface area contributed by atoms with Crippen molar-refractivity contribution in [1.82, 2.24) is 4.90 Å². The molecule has 0 amide bonds. The van der Waals surface area contributed by atoms with Crippen LogP contribution in [0.4, 0.5) is 0 Å². The molecule has 0 atom stereocenters. The second-order valence-electron chi connectivity index (χ2n) is 4.88. The van der Waals surface area contributed by atoms with Crippen LogP contribution in [0, 0.1) is 0 Å². The Labute approximate surface area is 146 Å². The first kappa shape index (κ1) is 17.2. The maximum Gasteiger partial charge on any atom is 0.264 e. The van der Waals surface area contributed by atoms with Gasteiger partial charge < -0.3 is 9.64 Å². The van der Waals surface area contributed by atoms with Crippen molar-refractivity contribution in [2.24, 2.45) is 0 Å². The molecule has 0 aliphatic rings. The first-order chi connectivity index (χ1) is 11.1. The average Bonchev–Trinajstić information content (AvgIpc) is 2.59. The highest BCUT2D eigenvalue weighted by molar-refractivity contribution is 8.16. The van der Waals surface area contributed by atoms with Crippen molar-refractivity contribution >= 4 is 40.0 Å². The minimum atomic E-state index is -0.0431. The van der Waals surface area contributed by atoms with Gasteiger partial charge in [-0.25, -0.2) is 0 Å². The van der Waals surface area contributed by atoms with Crippen molar-refractivity contribution in [3.05, 3.63) is 77.2 Å². The van der Waals surface area contributed by atoms with E-state index < -0.39 is 0 Å². The Balaban J connectivity index is 2.19. The maximum atomic E-state index is 12.2. The smallest absolute Gasteiger partial charge is 0.264 e. The van der Waals surface area contributed by atoms with Crippen molar-refractivity contribution in [1.29, 1.82) is 0 Å². The van der Waals surface area contributed by atoms with Gasteiger partial charge in [0, 0.05) is 30.6 Å². The van der Waals surface area contributed by atoms with Crippen LogP contribution >= 0.6 is 24.0 Å². The van der Waals surface area contributed by atoms with Gasteiger partial charge in [-0.05, 0) is 12.2 Å². The molecule has 0 aliphatic carbocycles. The Hall–Kier alpha value is -2.11. The highest BCUT2D eigenvalue weighted by Gasteiger charge is 2.10. The van der Waals surface area contributed by atoms with E-state index in [4.69, 9.17) is 17.0 Å². The molecule has 0 radical (unpaired) electrons. The summed E-state index contributed by atoms with van der Waals surface area (Å²) in [6, 6.07) is 18.7. The maximum absolute atomic E-state index is 12.2. The van der Waals surface area contributed by atoms with Crippen LogP contribution in [-0.2, 0) is 4.74 Å². The fraction of sp³-hybridized carbons (Fsp3) is 0.111. The Bertz CT molecular complexity index is 697. The van der Waals surface area contributed by atoms with Crippen molar-refractivity contribution in [3.63, 3.8) is 0 Å². The largest absolute Gasteiger partial charge is 0.431 e. The van der Waals surface area contributed by atoms with Crippen molar-refractivity contribution in [2.75, 3.05) is 14.1 Å². The zero-order valence-corrected chi connectivity index (χ0v) is 14.6. The number of hydrogen-bond donors (Lipinski definition) is 0. The number of nitrogens with zero attached hydrogens (tertiary/aromatic N) is 1. The third-order valence-corrected chi connectivity index (χ3v) is 4.13. The lowest BCUT2D eigenvalue weighted by Crippen LogP contribution is -2.21. The van der Waals surface area contributed by atoms with Crippen molar-refractivity contribution in [2.45, 2.75) is 0 Å². The fourth-order valence-electron chi connectivity index (χ4n) is 1.69. The zero-order chi connectivity index (χ0) is 16.7. The normalized spacial score (nSPS) is 11.0. The van der Waals surface area contributed by atoms with Gasteiger partial charge in [-0.3, -0.25) is 4.79 Å². The molecule has 0 heterocycles. The molecule has 5 heteroatoms. The molecule has 0 spiro atoms. The van der Waals surface area contributed by atoms with E-state index in [1.165, 1.54) is 0 Å². The van der Waals surface area contributed by atoms with E-state index in [1.807, 2.05) is 62.6 Å². The van der Waals surface area contributed by atoms with E-state index >= 15 is 0 Å². The predicted molar refractivity (Wildman–Crippen MR) is 100 cm³/mol. The van der Waals surface area contributed by atoms with Crippen LogP contribution in [0.2, 0.25) is 0 Å². The molecule has 0 saturated heterocycles. The SMILES string of the molecule is CN(C)C(=S)O/C(=C/SC(=O)c1ccccc1)c1ccccc1. The molecule has 2 aromatic carbocycles. The minimum absolute atomic E-state index is 0.0431. The summed E-state index contributed by atoms with van der Waals surface area (Å²) in [6.45, 7) is 0. The molecular weight excluding hydrogens is 326 g/mol. The average molecular weight is 343 g/mol. The molecule has 0 fully saturated rings. The third-order valence-electron chi connectivity index (χ3n) is 2.90. The van der Waals surface area contributed by atoms with Crippen molar-refractivity contribution in [3.8, 4) is 0 Å². The highest BCUT2D eigenvalue weighted by Crippen LogP contribution is 2.23. The first-order valence-corrected chi connectivity index (χ1v) is 8.27. The molecule has 0 aromatic heterocycles. The van der Waals surface area contributed by atoms with E-state index in [-0.39, 0.29) is 5.12 Å². The lowest BCUT2D eigenvalue weighted by molar-refractivity contribution is 0.108. The van der Waals surface area contributed by atoms with E-state index in [9.17, 15) is 4.79 Å². The summed E-state index contributed by atoms with van der Waals surface area (Å²) < 4.78 is 5.73. The van der Waals surface area contributed by atoms with Gasteiger partial charge in [0.05, 0.1) is 0 Å². The quantitative estimate of drug-likeness (QED) is 0.605. The summed E-state index contributed by atoms with van der Waals surface area (Å²) >= 11 is 6.28. The Morgan fingerprint density at radius 2 is 1.52 bits per heavy atom. The second-order valence-corrected chi connectivity index (χ2v) is 6.07. The lowest BCUT2D eigenvalue weighted by atomic mass is 10.2. The van der Waals surface area contributed by atoms with Crippen LogP contribution in [0.5, 0.6) is 0 Å². The number of carbonyl (C=O) groups is 1. The van der Waals surface area contributed by atoms with Gasteiger partial charge in [0.25, 0.3) is 5.17 Å². The van der Waals surface area contributed by atoms with Crippen LogP contribution < -0.4 is 0 Å². The summed E-state index contributed by atoms with van der Waals surface area (Å²) in [5, 5.41) is 1.99. The first-order valence-electron chi connectivity index (χ1n) is 6.98. The van der Waals surface area contributed by atoms with Gasteiger partial charge in [-0.1, -0.05) is 72.4 Å². The molecule has 2 aromatic rings. The summed E-state index contributed by atoms with van der Waals surface area (Å²) in [7, 11) is 3.63. The monoisotopic (exact) mass is 343 g/mol. The van der Waals surface area contributed by atoms with Gasteiger partial charge in [0.1, 0.15) is 5.76 Å². The molecule has 118 valence electrons. The molecular formula is C18H17NO2S2. The second kappa shape index (κ2) is 8.50. The number of carbonyl (C=O) groups excluding carboxylic acids is 1. The van der Waals surface area contributed by atoms with Gasteiger partial charge in [-0.15, -0.1) is 0 Å². The molecule has 0 saturated carbocycles. The van der Waals surface area contributed by atoms with Crippen LogP contribution in [0.1, 0.15) is 15.9 Å². The minimum Gasteiger partial charge on any atom is -0.431 e. The van der Waals surface area contributed by atoms with Gasteiger partial charge in [0.2, 0.25) is 5.12 Å². The molecule has 0 N–H and O–H groups in total. The summed E-state index contributed by atoms with van der Waals surface area (Å²) in [4.78, 5) is 13.9. The third kappa shape index (κ3) is 5.23. The topological polar surface area (TPSA) is 29.5 Å². The van der Waals surface area contributed by atoms with E-state index in [1.54, 1.807) is 22.4 Å². The Kier molecular flexibility index (Phi) is 6.38. The van der Waals surface area contributed by atoms with Crippen LogP contribution in [-0.4, -0.2) is 29.3 Å². The van der Waals surface area contributed by atoms with Crippen molar-refractivity contribution < 1.29 is 9.53 Å².